The van der Waals surface area contributed by atoms with E-state index in [1.165, 1.54) is 24.3 Å². The van der Waals surface area contributed by atoms with Crippen LogP contribution in [-0.2, 0) is 15.7 Å². The zero-order valence-electron chi connectivity index (χ0n) is 19.5. The maximum atomic E-state index is 13.5. The lowest BCUT2D eigenvalue weighted by atomic mass is 10.0. The number of anilines is 3. The molecule has 0 atom stereocenters. The summed E-state index contributed by atoms with van der Waals surface area (Å²) in [4.78, 5) is 50.7. The van der Waals surface area contributed by atoms with Crippen LogP contribution in [0, 0.1) is 10.1 Å². The Balaban J connectivity index is 1.35. The number of fused-ring (bicyclic) bond motifs is 2. The number of para-hydroxylation sites is 2. The molecule has 12 nitrogen and oxygen atoms in total. The third kappa shape index (κ3) is 4.24. The summed E-state index contributed by atoms with van der Waals surface area (Å²) in [6.45, 7) is -0.352. The van der Waals surface area contributed by atoms with Gasteiger partial charge in [0.15, 0.2) is 0 Å². The number of carbonyl (C=O) groups is 3. The van der Waals surface area contributed by atoms with E-state index in [0.29, 0.717) is 16.8 Å². The molecular formula is C25H19N5O7S. The van der Waals surface area contributed by atoms with Crippen LogP contribution in [0.25, 0.3) is 5.57 Å². The van der Waals surface area contributed by atoms with Gasteiger partial charge in [-0.05, 0) is 30.3 Å². The molecule has 0 unspecified atom stereocenters. The lowest BCUT2D eigenvalue weighted by Crippen LogP contribution is -2.44. The fourth-order valence-electron chi connectivity index (χ4n) is 4.35. The van der Waals surface area contributed by atoms with Gasteiger partial charge < -0.3 is 10.6 Å². The third-order valence-corrected chi connectivity index (χ3v) is 6.92. The maximum absolute atomic E-state index is 13.5. The number of thiol groups is 1. The van der Waals surface area contributed by atoms with Gasteiger partial charge in [0, 0.05) is 35.5 Å². The van der Waals surface area contributed by atoms with Gasteiger partial charge in [-0.25, -0.2) is 18.1 Å². The molecule has 3 aromatic rings. The molecule has 0 aliphatic carbocycles. The monoisotopic (exact) mass is 533 g/mol. The highest BCUT2D eigenvalue weighted by Gasteiger charge is 2.41. The van der Waals surface area contributed by atoms with Gasteiger partial charge in [-0.3, -0.25) is 24.0 Å². The minimum atomic E-state index is -3.12. The van der Waals surface area contributed by atoms with Crippen molar-refractivity contribution in [3.05, 3.63) is 99.7 Å². The Morgan fingerprint density at radius 1 is 0.974 bits per heavy atom. The molecule has 38 heavy (non-hydrogen) atoms. The molecule has 0 saturated carbocycles. The van der Waals surface area contributed by atoms with Gasteiger partial charge in [0.25, 0.3) is 11.6 Å². The van der Waals surface area contributed by atoms with Crippen molar-refractivity contribution in [2.45, 2.75) is 0 Å². The van der Waals surface area contributed by atoms with E-state index in [4.69, 9.17) is 0 Å². The summed E-state index contributed by atoms with van der Waals surface area (Å²) < 4.78 is 24.5. The lowest BCUT2D eigenvalue weighted by Gasteiger charge is -2.20. The van der Waals surface area contributed by atoms with E-state index in [1.54, 1.807) is 48.5 Å². The lowest BCUT2D eigenvalue weighted by molar-refractivity contribution is -0.384. The number of ketones is 1. The molecule has 0 fully saturated rings. The largest absolute Gasteiger partial charge is 0.351 e. The smallest absolute Gasteiger partial charge is 0.329 e. The van der Waals surface area contributed by atoms with Crippen molar-refractivity contribution in [3.63, 3.8) is 0 Å². The molecule has 5 rings (SSSR count). The molecule has 0 bridgehead atoms. The highest BCUT2D eigenvalue weighted by molar-refractivity contribution is 7.74. The van der Waals surface area contributed by atoms with Crippen molar-refractivity contribution in [2.75, 3.05) is 27.6 Å². The molecule has 2 heterocycles. The first-order chi connectivity index (χ1) is 18.3. The number of carbonyl (C=O) groups excluding carboxylic acids is 3. The molecule has 0 saturated heterocycles. The number of non-ortho nitro benzene ring substituents is 1. The normalized spacial score (nSPS) is 15.8. The van der Waals surface area contributed by atoms with Crippen molar-refractivity contribution >= 4 is 56.9 Å². The molecule has 3 aromatic carbocycles. The fraction of sp³-hybridized carbons (Fsp3) is 0.0800. The second kappa shape index (κ2) is 9.78. The highest BCUT2D eigenvalue weighted by atomic mass is 32.2. The fourth-order valence-corrected chi connectivity index (χ4v) is 4.94. The van der Waals surface area contributed by atoms with Gasteiger partial charge >= 0.3 is 6.03 Å². The van der Waals surface area contributed by atoms with Gasteiger partial charge in [0.1, 0.15) is 5.70 Å². The Morgan fingerprint density at radius 3 is 2.29 bits per heavy atom. The molecular weight excluding hydrogens is 514 g/mol. The van der Waals surface area contributed by atoms with Crippen LogP contribution in [0.3, 0.4) is 0 Å². The van der Waals surface area contributed by atoms with E-state index in [2.05, 4.69) is 10.6 Å². The average molecular weight is 534 g/mol. The molecule has 3 amide bonds. The van der Waals surface area contributed by atoms with Crippen molar-refractivity contribution in [1.82, 2.24) is 5.32 Å². The van der Waals surface area contributed by atoms with Gasteiger partial charge in [-0.1, -0.05) is 30.3 Å². The Bertz CT molecular complexity index is 1610. The van der Waals surface area contributed by atoms with Gasteiger partial charge in [-0.15, -0.1) is 0 Å². The van der Waals surface area contributed by atoms with Gasteiger partial charge in [0.2, 0.25) is 16.7 Å². The first-order valence-corrected chi connectivity index (χ1v) is 12.4. The van der Waals surface area contributed by atoms with Crippen LogP contribution in [0.5, 0.6) is 0 Å². The standard InChI is InChI=1S/C25H19N5O7S/c31-23-17-5-1-3-7-19(17)27-22(23)21-18-6-2-4-8-20(18)29(24(21)32)25(33)26-13-14-28(38(36)37)15-9-11-16(12-10-15)30(34)35/h1-12,27,38H,13-14H2,(H,26,33)/b22-21-. The zero-order valence-corrected chi connectivity index (χ0v) is 20.4. The number of urea groups is 1. The maximum Gasteiger partial charge on any atom is 0.329 e. The van der Waals surface area contributed by atoms with Gasteiger partial charge in [0.05, 0.1) is 28.4 Å². The SMILES string of the molecule is O=C1/C(=C2/C(=O)N(C(=O)NCCN(c3ccc([N+](=O)[O-])cc3)[SH](=O)=O)c3ccccc32)Nc2ccccc21. The van der Waals surface area contributed by atoms with Crippen LogP contribution in [-0.4, -0.2) is 44.2 Å². The van der Waals surface area contributed by atoms with Crippen LogP contribution in [0.4, 0.5) is 27.5 Å². The van der Waals surface area contributed by atoms with E-state index in [0.717, 1.165) is 9.21 Å². The average Bonchev–Trinajstić information content (AvgIpc) is 3.39. The van der Waals surface area contributed by atoms with E-state index in [-0.39, 0.29) is 47.2 Å². The molecule has 0 spiro atoms. The van der Waals surface area contributed by atoms with Crippen molar-refractivity contribution < 1.29 is 27.7 Å². The summed E-state index contributed by atoms with van der Waals surface area (Å²) >= 11 is 0. The third-order valence-electron chi connectivity index (χ3n) is 6.10. The summed E-state index contributed by atoms with van der Waals surface area (Å²) in [7, 11) is -3.12. The minimum absolute atomic E-state index is 0.0621. The summed E-state index contributed by atoms with van der Waals surface area (Å²) in [5.74, 6) is -1.06. The van der Waals surface area contributed by atoms with Crippen LogP contribution in [0.1, 0.15) is 15.9 Å². The number of nitro groups is 1. The number of nitrogens with zero attached hydrogens (tertiary/aromatic N) is 3. The van der Waals surface area contributed by atoms with E-state index < -0.39 is 27.8 Å². The van der Waals surface area contributed by atoms with Crippen molar-refractivity contribution in [2.24, 2.45) is 0 Å². The highest BCUT2D eigenvalue weighted by Crippen LogP contribution is 2.41. The molecule has 2 aliphatic rings. The summed E-state index contributed by atoms with van der Waals surface area (Å²) in [5, 5.41) is 16.4. The van der Waals surface area contributed by atoms with Crippen LogP contribution < -0.4 is 19.8 Å². The Morgan fingerprint density at radius 2 is 1.63 bits per heavy atom. The number of rotatable bonds is 6. The van der Waals surface area contributed by atoms with Gasteiger partial charge in [-0.2, -0.15) is 0 Å². The van der Waals surface area contributed by atoms with E-state index >= 15 is 0 Å². The Hall–Kier alpha value is -5.04. The van der Waals surface area contributed by atoms with Crippen LogP contribution in [0.15, 0.2) is 78.5 Å². The molecule has 0 radical (unpaired) electrons. The summed E-state index contributed by atoms with van der Waals surface area (Å²) in [5.41, 5.74) is 1.79. The molecule has 2 aliphatic heterocycles. The van der Waals surface area contributed by atoms with Crippen molar-refractivity contribution in [3.8, 4) is 0 Å². The quantitative estimate of drug-likeness (QED) is 0.189. The number of benzene rings is 3. The minimum Gasteiger partial charge on any atom is -0.351 e. The second-order valence-corrected chi connectivity index (χ2v) is 9.23. The van der Waals surface area contributed by atoms with E-state index in [1.807, 2.05) is 0 Å². The van der Waals surface area contributed by atoms with Crippen LogP contribution in [0.2, 0.25) is 0 Å². The number of imide groups is 1. The molecule has 2 N–H and O–H groups in total. The zero-order chi connectivity index (χ0) is 27.0. The molecule has 0 aromatic heterocycles. The van der Waals surface area contributed by atoms with Crippen LogP contribution >= 0.6 is 0 Å². The number of Topliss-reactive ketones (excluding diaryl/α,β-unsaturated/α-hetero) is 1. The number of allylic oxidation sites excluding steroid dienone is 1. The number of nitrogens with one attached hydrogen (secondary N) is 2. The molecule has 192 valence electrons. The Labute approximate surface area is 217 Å². The number of hydrogen-bond acceptors (Lipinski definition) is 8. The predicted molar refractivity (Wildman–Crippen MR) is 139 cm³/mol. The first-order valence-electron chi connectivity index (χ1n) is 11.3. The second-order valence-electron chi connectivity index (χ2n) is 8.27. The first kappa shape index (κ1) is 24.6. The molecule has 13 heteroatoms. The summed E-state index contributed by atoms with van der Waals surface area (Å²) in [6, 6.07) is 17.5. The Kier molecular flexibility index (Phi) is 6.34. The number of nitro benzene ring substituents is 1. The number of amides is 3. The summed E-state index contributed by atoms with van der Waals surface area (Å²) in [6.07, 6.45) is 0. The predicted octanol–water partition coefficient (Wildman–Crippen LogP) is 2.70. The topological polar surface area (TPSA) is 159 Å². The number of hydrogen-bond donors (Lipinski definition) is 3. The van der Waals surface area contributed by atoms with E-state index in [9.17, 15) is 32.9 Å². The van der Waals surface area contributed by atoms with Crippen molar-refractivity contribution in [1.29, 1.82) is 0 Å².